The van der Waals surface area contributed by atoms with Crippen molar-refractivity contribution in [1.29, 1.82) is 0 Å². The highest BCUT2D eigenvalue weighted by Gasteiger charge is 2.11. The van der Waals surface area contributed by atoms with Gasteiger partial charge in [0.2, 0.25) is 5.91 Å². The molecule has 0 atom stereocenters. The van der Waals surface area contributed by atoms with E-state index in [0.29, 0.717) is 6.42 Å². The number of hydrazone groups is 1. The number of thiophene rings is 1. The maximum absolute atomic E-state index is 12.0. The molecule has 2 aromatic carbocycles. The van der Waals surface area contributed by atoms with E-state index in [1.165, 1.54) is 0 Å². The van der Waals surface area contributed by atoms with Gasteiger partial charge in [0.15, 0.2) is 0 Å². The van der Waals surface area contributed by atoms with Crippen molar-refractivity contribution in [3.63, 3.8) is 0 Å². The lowest BCUT2D eigenvalue weighted by Gasteiger charge is -2.01. The molecule has 26 heavy (non-hydrogen) atoms. The van der Waals surface area contributed by atoms with Crippen LogP contribution >= 0.6 is 11.3 Å². The van der Waals surface area contributed by atoms with Crippen LogP contribution in [-0.2, 0) is 11.2 Å². The molecule has 1 amide bonds. The SMILES string of the molecule is O=C(Cc1cccs1)N/N=C/c1c(-c2ccccc2)[nH]c2ccccc12. The number of nitrogens with one attached hydrogen (secondary N) is 2. The van der Waals surface area contributed by atoms with E-state index in [4.69, 9.17) is 0 Å². The maximum atomic E-state index is 12.0. The lowest BCUT2D eigenvalue weighted by atomic mass is 10.1. The number of rotatable bonds is 5. The summed E-state index contributed by atoms with van der Waals surface area (Å²) in [5, 5.41) is 7.22. The summed E-state index contributed by atoms with van der Waals surface area (Å²) >= 11 is 1.57. The predicted molar refractivity (Wildman–Crippen MR) is 107 cm³/mol. The van der Waals surface area contributed by atoms with E-state index >= 15 is 0 Å². The van der Waals surface area contributed by atoms with Crippen molar-refractivity contribution in [3.8, 4) is 11.3 Å². The third-order valence-corrected chi connectivity index (χ3v) is 4.98. The molecule has 0 fully saturated rings. The van der Waals surface area contributed by atoms with Crippen LogP contribution < -0.4 is 5.43 Å². The number of hydrogen-bond donors (Lipinski definition) is 2. The smallest absolute Gasteiger partial charge is 0.245 e. The van der Waals surface area contributed by atoms with Crippen molar-refractivity contribution < 1.29 is 4.79 Å². The van der Waals surface area contributed by atoms with E-state index in [-0.39, 0.29) is 5.91 Å². The summed E-state index contributed by atoms with van der Waals surface area (Å²) in [7, 11) is 0. The number of carbonyl (C=O) groups is 1. The average molecular weight is 359 g/mol. The quantitative estimate of drug-likeness (QED) is 0.397. The van der Waals surface area contributed by atoms with Crippen LogP contribution in [0.15, 0.2) is 77.2 Å². The number of carbonyl (C=O) groups excluding carboxylic acids is 1. The summed E-state index contributed by atoms with van der Waals surface area (Å²) in [6.45, 7) is 0. The number of fused-ring (bicyclic) bond motifs is 1. The molecule has 4 aromatic rings. The van der Waals surface area contributed by atoms with Crippen molar-refractivity contribution in [2.45, 2.75) is 6.42 Å². The molecule has 2 N–H and O–H groups in total. The van der Waals surface area contributed by atoms with Gasteiger partial charge in [-0.2, -0.15) is 5.10 Å². The Morgan fingerprint density at radius 1 is 1.04 bits per heavy atom. The van der Waals surface area contributed by atoms with Gasteiger partial charge in [0.25, 0.3) is 0 Å². The molecule has 0 radical (unpaired) electrons. The van der Waals surface area contributed by atoms with Gasteiger partial charge < -0.3 is 4.98 Å². The minimum Gasteiger partial charge on any atom is -0.354 e. The largest absolute Gasteiger partial charge is 0.354 e. The zero-order valence-electron chi connectivity index (χ0n) is 14.0. The van der Waals surface area contributed by atoms with Gasteiger partial charge >= 0.3 is 0 Å². The molecule has 0 saturated carbocycles. The molecule has 0 spiro atoms. The van der Waals surface area contributed by atoms with Crippen LogP contribution in [0.5, 0.6) is 0 Å². The van der Waals surface area contributed by atoms with Gasteiger partial charge in [-0.15, -0.1) is 11.3 Å². The van der Waals surface area contributed by atoms with E-state index in [1.54, 1.807) is 17.6 Å². The van der Waals surface area contributed by atoms with Gasteiger partial charge in [-0.05, 0) is 23.1 Å². The molecule has 0 unspecified atom stereocenters. The first-order chi connectivity index (χ1) is 12.8. The molecule has 0 aliphatic rings. The summed E-state index contributed by atoms with van der Waals surface area (Å²) in [6, 6.07) is 22.1. The minimum atomic E-state index is -0.121. The second-order valence-electron chi connectivity index (χ2n) is 5.87. The van der Waals surface area contributed by atoms with Crippen molar-refractivity contribution in [2.24, 2.45) is 5.10 Å². The molecule has 0 aliphatic heterocycles. The second kappa shape index (κ2) is 7.37. The Hall–Kier alpha value is -3.18. The summed E-state index contributed by atoms with van der Waals surface area (Å²) in [5.41, 5.74) is 6.69. The second-order valence-corrected chi connectivity index (χ2v) is 6.91. The van der Waals surface area contributed by atoms with Crippen molar-refractivity contribution in [2.75, 3.05) is 0 Å². The van der Waals surface area contributed by atoms with Gasteiger partial charge in [0.05, 0.1) is 18.3 Å². The first kappa shape index (κ1) is 16.3. The lowest BCUT2D eigenvalue weighted by Crippen LogP contribution is -2.19. The van der Waals surface area contributed by atoms with Crippen molar-refractivity contribution >= 4 is 34.4 Å². The Morgan fingerprint density at radius 3 is 2.65 bits per heavy atom. The molecule has 4 rings (SSSR count). The van der Waals surface area contributed by atoms with Gasteiger partial charge in [0, 0.05) is 21.3 Å². The number of amides is 1. The van der Waals surface area contributed by atoms with Gasteiger partial charge in [-0.3, -0.25) is 4.79 Å². The highest BCUT2D eigenvalue weighted by Crippen LogP contribution is 2.28. The number of hydrogen-bond acceptors (Lipinski definition) is 3. The maximum Gasteiger partial charge on any atom is 0.245 e. The topological polar surface area (TPSA) is 57.2 Å². The Balaban J connectivity index is 1.61. The fraction of sp³-hybridized carbons (Fsp3) is 0.0476. The highest BCUT2D eigenvalue weighted by atomic mass is 32.1. The fourth-order valence-electron chi connectivity index (χ4n) is 2.91. The third kappa shape index (κ3) is 3.43. The van der Waals surface area contributed by atoms with Crippen molar-refractivity contribution in [1.82, 2.24) is 10.4 Å². The Labute approximate surface area is 155 Å². The third-order valence-electron chi connectivity index (χ3n) is 4.11. The van der Waals surface area contributed by atoms with Crippen LogP contribution in [0.25, 0.3) is 22.2 Å². The van der Waals surface area contributed by atoms with E-state index in [2.05, 4.69) is 27.6 Å². The van der Waals surface area contributed by atoms with Gasteiger partial charge in [-0.25, -0.2) is 5.43 Å². The van der Waals surface area contributed by atoms with Crippen LogP contribution in [0.2, 0.25) is 0 Å². The number of aromatic nitrogens is 1. The fourth-order valence-corrected chi connectivity index (χ4v) is 3.61. The monoisotopic (exact) mass is 359 g/mol. The number of aromatic amines is 1. The average Bonchev–Trinajstić information content (AvgIpc) is 3.30. The Morgan fingerprint density at radius 2 is 1.85 bits per heavy atom. The molecular weight excluding hydrogens is 342 g/mol. The van der Waals surface area contributed by atoms with Gasteiger partial charge in [0.1, 0.15) is 0 Å². The van der Waals surface area contributed by atoms with Crippen LogP contribution in [0, 0.1) is 0 Å². The number of nitrogens with zero attached hydrogens (tertiary/aromatic N) is 1. The van der Waals surface area contributed by atoms with Crippen LogP contribution in [-0.4, -0.2) is 17.1 Å². The lowest BCUT2D eigenvalue weighted by molar-refractivity contribution is -0.120. The predicted octanol–water partition coefficient (Wildman–Crippen LogP) is 4.59. The van der Waals surface area contributed by atoms with E-state index in [0.717, 1.165) is 32.6 Å². The molecular formula is C21H17N3OS. The summed E-state index contributed by atoms with van der Waals surface area (Å²) < 4.78 is 0. The first-order valence-corrected chi connectivity index (χ1v) is 9.19. The number of para-hydroxylation sites is 1. The molecule has 0 aliphatic carbocycles. The van der Waals surface area contributed by atoms with E-state index in [9.17, 15) is 4.79 Å². The molecule has 2 aromatic heterocycles. The van der Waals surface area contributed by atoms with E-state index in [1.807, 2.05) is 60.0 Å². The molecule has 128 valence electrons. The zero-order chi connectivity index (χ0) is 17.8. The minimum absolute atomic E-state index is 0.121. The van der Waals surface area contributed by atoms with Gasteiger partial charge in [-0.1, -0.05) is 54.6 Å². The molecule has 0 saturated heterocycles. The summed E-state index contributed by atoms with van der Waals surface area (Å²) in [4.78, 5) is 16.5. The first-order valence-electron chi connectivity index (χ1n) is 8.31. The molecule has 0 bridgehead atoms. The molecule has 5 heteroatoms. The Bertz CT molecular complexity index is 1050. The number of H-pyrrole nitrogens is 1. The standard InChI is InChI=1S/C21H17N3OS/c25-20(13-16-9-6-12-26-16)24-22-14-18-17-10-4-5-11-19(17)23-21(18)15-7-2-1-3-8-15/h1-12,14,23H,13H2,(H,24,25)/b22-14+. The molecule has 4 nitrogen and oxygen atoms in total. The zero-order valence-corrected chi connectivity index (χ0v) is 14.8. The summed E-state index contributed by atoms with van der Waals surface area (Å²) in [5.74, 6) is -0.121. The number of benzene rings is 2. The molecule has 2 heterocycles. The normalized spacial score (nSPS) is 11.2. The summed E-state index contributed by atoms with van der Waals surface area (Å²) in [6.07, 6.45) is 2.06. The van der Waals surface area contributed by atoms with Crippen molar-refractivity contribution in [3.05, 3.63) is 82.6 Å². The van der Waals surface area contributed by atoms with E-state index < -0.39 is 0 Å². The van der Waals surface area contributed by atoms with Crippen LogP contribution in [0.3, 0.4) is 0 Å². The highest BCUT2D eigenvalue weighted by molar-refractivity contribution is 7.10. The van der Waals surface area contributed by atoms with Crippen LogP contribution in [0.4, 0.5) is 0 Å². The van der Waals surface area contributed by atoms with Crippen LogP contribution in [0.1, 0.15) is 10.4 Å². The Kier molecular flexibility index (Phi) is 4.62.